The molecule has 0 bridgehead atoms. The normalized spacial score (nSPS) is 8.89. The summed E-state index contributed by atoms with van der Waals surface area (Å²) in [4.78, 5) is 0. The maximum Gasteiger partial charge on any atom is 0 e. The first-order chi connectivity index (χ1) is 10.4. The zero-order valence-corrected chi connectivity index (χ0v) is 94.9. The average Bonchev–Trinajstić information content (AvgIpc) is 2.37. The predicted molar refractivity (Wildman–Crippen MR) is 169 cm³/mol. The quantitative estimate of drug-likeness (QED) is 0.175. The van der Waals surface area contributed by atoms with Crippen molar-refractivity contribution in [3.8, 4) is 0 Å². The summed E-state index contributed by atoms with van der Waals surface area (Å²) in [6, 6.07) is 0. The van der Waals surface area contributed by atoms with Gasteiger partial charge in [0.2, 0.25) is 0 Å². The van der Waals surface area contributed by atoms with Crippen molar-refractivity contribution in [2.45, 2.75) is 28.7 Å². The molecule has 0 fully saturated rings. The molecule has 0 aromatic rings. The standard InChI is InChI=1S/C9H23P3.C6H16P2.C2H5P.2CH4.CH3.4W.17Y/c1-7-11(4)9-12(5,6)8-10(2)3;1-5-8(4)6-7(2)3;1-3-2;;;;;;;;;;;;;;;;;;;;;;;;/h10-11H,2,4-5,7-9H2,1,3,6H3;7-8H,2,4-6H2,1,3H3;1H2,2H3;2*1H4;1H3;;;;;;;;;;;;;;;;;;;;;/q;;;;;-1;;;;;;;;;;;;;;;;;;;;;. The first kappa shape index (κ1) is 180. The third kappa shape index (κ3) is 184. The summed E-state index contributed by atoms with van der Waals surface area (Å²) in [6.45, 7) is 12.5. The molecule has 0 saturated carbocycles. The summed E-state index contributed by atoms with van der Waals surface area (Å²) in [7, 11) is 0.133. The van der Waals surface area contributed by atoms with Gasteiger partial charge in [-0.15, -0.1) is 76.8 Å². The maximum atomic E-state index is 4.38. The second kappa shape index (κ2) is 144. The van der Waals surface area contributed by atoms with E-state index in [1.54, 1.807) is 0 Å². The van der Waals surface area contributed by atoms with Gasteiger partial charge < -0.3 is 7.43 Å². The van der Waals surface area contributed by atoms with Gasteiger partial charge in [0.1, 0.15) is 0 Å². The van der Waals surface area contributed by atoms with Crippen molar-refractivity contribution in [1.82, 2.24) is 0 Å². The van der Waals surface area contributed by atoms with E-state index in [4.69, 9.17) is 0 Å². The molecule has 0 aromatic heterocycles. The molecule has 5 atom stereocenters. The van der Waals surface area contributed by atoms with Crippen molar-refractivity contribution in [1.29, 1.82) is 0 Å². The third-order valence-corrected chi connectivity index (χ3v) is 19.3. The fourth-order valence-electron chi connectivity index (χ4n) is 1.91. The molecule has 17 radical (unpaired) electrons. The number of hydrogen-bond acceptors (Lipinski definition) is 0. The van der Waals surface area contributed by atoms with Crippen LogP contribution in [-0.2, 0) is 640 Å². The monoisotopic (exact) mass is 2730 g/mol. The van der Waals surface area contributed by atoms with E-state index >= 15 is 0 Å². The van der Waals surface area contributed by atoms with E-state index in [0.717, 1.165) is 0 Å². The van der Waals surface area contributed by atoms with Crippen LogP contribution in [0.2, 0.25) is 0 Å². The van der Waals surface area contributed by atoms with Gasteiger partial charge >= 0.3 is 0 Å². The molecule has 0 aliphatic rings. The first-order valence-electron chi connectivity index (χ1n) is 8.11. The maximum absolute atomic E-state index is 4.38. The minimum atomic E-state index is -0.856. The van der Waals surface area contributed by atoms with E-state index < -0.39 is 6.89 Å². The van der Waals surface area contributed by atoms with Crippen LogP contribution in [0.25, 0.3) is 0 Å². The Balaban J connectivity index is -0.00000000431. The molecular formula is C20H55P6W4Y17-. The fraction of sp³-hybridized carbons (Fsp3) is 0.650. The fourth-order valence-corrected chi connectivity index (χ4v) is 18.2. The van der Waals surface area contributed by atoms with E-state index in [0.29, 0.717) is 0 Å². The van der Waals surface area contributed by atoms with E-state index in [1.807, 2.05) is 6.66 Å². The van der Waals surface area contributed by atoms with Crippen molar-refractivity contribution < 1.29 is 640 Å². The van der Waals surface area contributed by atoms with Gasteiger partial charge in [-0.25, -0.2) is 0 Å². The van der Waals surface area contributed by atoms with Gasteiger partial charge in [0.15, 0.2) is 0 Å². The SMILES string of the molecule is C.C.C=PC.C=[PH](C)CP(=C)(C)C[PH](=C)CC.C=[PH](C)C[PH](=C)CC.[CH3-].[W].[W].[W].[W].[Y].[Y].[Y].[Y].[Y].[Y].[Y].[Y].[Y].[Y].[Y].[Y].[Y].[Y].[Y].[Y].[Y]. The van der Waals surface area contributed by atoms with E-state index in [2.05, 4.69) is 71.6 Å². The second-order valence-corrected chi connectivity index (χ2v) is 22.6. The van der Waals surface area contributed by atoms with Gasteiger partial charge in [-0.05, 0) is 56.7 Å². The van der Waals surface area contributed by atoms with Gasteiger partial charge in [-0.1, -0.05) is 35.0 Å². The summed E-state index contributed by atoms with van der Waals surface area (Å²) in [5.74, 6) is 4.05. The van der Waals surface area contributed by atoms with E-state index in [9.17, 15) is 0 Å². The summed E-state index contributed by atoms with van der Waals surface area (Å²) >= 11 is 0. The van der Waals surface area contributed by atoms with Gasteiger partial charge in [-0.3, -0.25) is 0 Å². The van der Waals surface area contributed by atoms with Crippen LogP contribution < -0.4 is 0 Å². The molecule has 0 rings (SSSR count). The van der Waals surface area contributed by atoms with Crippen LogP contribution >= 0.6 is 45.3 Å². The Morgan fingerprint density at radius 1 is 0.511 bits per heavy atom. The minimum absolute atomic E-state index is 0. The van der Waals surface area contributed by atoms with Crippen molar-refractivity contribution in [2.75, 3.05) is 56.7 Å². The topological polar surface area (TPSA) is 0 Å². The molecular weight excluding hydrogens is 2670 g/mol. The molecule has 0 N–H and O–H groups in total. The number of hydrogen-bond donors (Lipinski definition) is 0. The smallest absolute Gasteiger partial charge is 0 e. The van der Waals surface area contributed by atoms with E-state index in [1.165, 1.54) is 38.2 Å². The Morgan fingerprint density at radius 3 is 0.809 bits per heavy atom. The van der Waals surface area contributed by atoms with Gasteiger partial charge in [-0.2, -0.15) is 0 Å². The third-order valence-electron chi connectivity index (χ3n) is 2.81. The molecule has 0 amide bonds. The summed E-state index contributed by atoms with van der Waals surface area (Å²) in [6.07, 6.45) is 26.9. The van der Waals surface area contributed by atoms with Crippen LogP contribution in [0.5, 0.6) is 0 Å². The Labute approximate surface area is 790 Å². The van der Waals surface area contributed by atoms with Crippen LogP contribution in [0.1, 0.15) is 28.7 Å². The summed E-state index contributed by atoms with van der Waals surface area (Å²) < 4.78 is 0. The summed E-state index contributed by atoms with van der Waals surface area (Å²) in [5.41, 5.74) is 0. The van der Waals surface area contributed by atoms with Crippen LogP contribution in [0.15, 0.2) is 0 Å². The van der Waals surface area contributed by atoms with Crippen LogP contribution in [0, 0.1) is 7.43 Å². The minimum Gasteiger partial charge on any atom is -0.358 e. The molecule has 0 aliphatic heterocycles. The molecule has 5 unspecified atom stereocenters. The van der Waals surface area contributed by atoms with Gasteiger partial charge in [0.25, 0.3) is 0 Å². The van der Waals surface area contributed by atoms with Crippen molar-refractivity contribution in [3.63, 3.8) is 0 Å². The summed E-state index contributed by atoms with van der Waals surface area (Å²) in [5, 5.41) is 0. The molecule has 0 nitrogen and oxygen atoms in total. The average molecular weight is 2730 g/mol. The van der Waals surface area contributed by atoms with Crippen molar-refractivity contribution >= 4 is 83.1 Å². The molecule has 0 aliphatic carbocycles. The van der Waals surface area contributed by atoms with Crippen molar-refractivity contribution in [2.24, 2.45) is 0 Å². The Morgan fingerprint density at radius 2 is 0.702 bits per heavy atom. The molecule has 0 aromatic carbocycles. The van der Waals surface area contributed by atoms with Gasteiger partial charge in [0.05, 0.1) is 0 Å². The molecule has 0 spiro atoms. The molecule has 47 heavy (non-hydrogen) atoms. The first-order valence-corrected chi connectivity index (χ1v) is 21.5. The van der Waals surface area contributed by atoms with Gasteiger partial charge in [0, 0.05) is 640 Å². The molecule has 241 valence electrons. The van der Waals surface area contributed by atoms with Crippen molar-refractivity contribution in [3.05, 3.63) is 7.43 Å². The Bertz CT molecular complexity index is 511. The molecule has 0 saturated heterocycles. The van der Waals surface area contributed by atoms with Crippen LogP contribution in [-0.4, -0.2) is 94.5 Å². The zero-order chi connectivity index (χ0) is 19.1. The number of rotatable bonds is 8. The predicted octanol–water partition coefficient (Wildman–Crippen LogP) is 7.47. The largest absolute Gasteiger partial charge is 0.358 e. The molecule has 27 heteroatoms. The van der Waals surface area contributed by atoms with Crippen LogP contribution in [0.4, 0.5) is 0 Å². The molecule has 0 heterocycles. The Hall–Kier alpha value is 23.2. The van der Waals surface area contributed by atoms with Crippen LogP contribution in [0.3, 0.4) is 0 Å². The Kier molecular flexibility index (Phi) is 554. The zero-order valence-electron chi connectivity index (χ0n) is 29.1. The van der Waals surface area contributed by atoms with E-state index in [-0.39, 0.29) is 693 Å². The second-order valence-electron chi connectivity index (χ2n) is 6.55.